The molecule has 1 saturated heterocycles. The molecule has 7 nitrogen and oxygen atoms in total. The third kappa shape index (κ3) is 4.36. The number of hydrogen-bond donors (Lipinski definition) is 1. The van der Waals surface area contributed by atoms with Crippen LogP contribution in [0, 0.1) is 6.92 Å². The average Bonchev–Trinajstić information content (AvgIpc) is 2.76. The van der Waals surface area contributed by atoms with Crippen molar-refractivity contribution in [1.82, 2.24) is 14.8 Å². The number of carbonyl (C=O) groups is 1. The molecule has 0 spiro atoms. The lowest BCUT2D eigenvalue weighted by Gasteiger charge is -2.34. The van der Waals surface area contributed by atoms with Crippen molar-refractivity contribution >= 4 is 16.9 Å². The standard InChI is InChI=1S/C23H25N3O4/c1-16-19-3-2-18(27)14-21(19)30-23(29)20(16)15-22(28)26-12-10-25(11-13-26)9-6-17-4-7-24-8-5-17/h2-5,7-8,14,27H,6,9-13,15H2,1H3. The molecule has 0 radical (unpaired) electrons. The molecule has 3 heterocycles. The van der Waals surface area contributed by atoms with Crippen molar-refractivity contribution < 1.29 is 14.3 Å². The van der Waals surface area contributed by atoms with Crippen LogP contribution in [0.4, 0.5) is 0 Å². The first-order valence-corrected chi connectivity index (χ1v) is 10.2. The summed E-state index contributed by atoms with van der Waals surface area (Å²) in [5.74, 6) is -0.0204. The lowest BCUT2D eigenvalue weighted by Crippen LogP contribution is -2.49. The van der Waals surface area contributed by atoms with E-state index in [0.29, 0.717) is 24.2 Å². The van der Waals surface area contributed by atoms with Gasteiger partial charge in [-0.1, -0.05) is 0 Å². The van der Waals surface area contributed by atoms with Crippen LogP contribution in [-0.2, 0) is 17.6 Å². The molecule has 0 saturated carbocycles. The second kappa shape index (κ2) is 8.67. The Balaban J connectivity index is 1.37. The molecular weight excluding hydrogens is 382 g/mol. The molecule has 0 atom stereocenters. The number of carbonyl (C=O) groups excluding carboxylic acids is 1. The van der Waals surface area contributed by atoms with Gasteiger partial charge in [-0.25, -0.2) is 4.79 Å². The summed E-state index contributed by atoms with van der Waals surface area (Å²) in [6.45, 7) is 5.72. The predicted molar refractivity (Wildman–Crippen MR) is 114 cm³/mol. The number of phenolic OH excluding ortho intramolecular Hbond substituents is 1. The van der Waals surface area contributed by atoms with E-state index in [1.807, 2.05) is 24.0 Å². The SMILES string of the molecule is Cc1c(CC(=O)N2CCN(CCc3ccncc3)CC2)c(=O)oc2cc(O)ccc12. The molecule has 2 aromatic heterocycles. The minimum absolute atomic E-state index is 0.0298. The van der Waals surface area contributed by atoms with Gasteiger partial charge in [-0.2, -0.15) is 0 Å². The molecule has 1 N–H and O–H groups in total. The van der Waals surface area contributed by atoms with Gasteiger partial charge in [-0.05, 0) is 48.7 Å². The summed E-state index contributed by atoms with van der Waals surface area (Å²) in [4.78, 5) is 33.5. The maximum atomic E-state index is 12.8. The summed E-state index contributed by atoms with van der Waals surface area (Å²) >= 11 is 0. The molecule has 1 aliphatic heterocycles. The second-order valence-corrected chi connectivity index (χ2v) is 7.68. The number of aryl methyl sites for hydroxylation is 1. The van der Waals surface area contributed by atoms with Gasteiger partial charge in [0.25, 0.3) is 0 Å². The Bertz CT molecular complexity index is 1100. The van der Waals surface area contributed by atoms with Crippen LogP contribution >= 0.6 is 0 Å². The van der Waals surface area contributed by atoms with E-state index in [9.17, 15) is 14.7 Å². The smallest absolute Gasteiger partial charge is 0.340 e. The number of aromatic hydroxyl groups is 1. The van der Waals surface area contributed by atoms with Crippen molar-refractivity contribution in [2.45, 2.75) is 19.8 Å². The Labute approximate surface area is 174 Å². The minimum atomic E-state index is -0.519. The lowest BCUT2D eigenvalue weighted by molar-refractivity contribution is -0.132. The Morgan fingerprint density at radius 1 is 1.13 bits per heavy atom. The van der Waals surface area contributed by atoms with E-state index in [4.69, 9.17) is 4.42 Å². The first-order valence-electron chi connectivity index (χ1n) is 10.2. The Morgan fingerprint density at radius 2 is 1.87 bits per heavy atom. The topological polar surface area (TPSA) is 86.9 Å². The molecule has 156 valence electrons. The highest BCUT2D eigenvalue weighted by atomic mass is 16.4. The Morgan fingerprint density at radius 3 is 2.60 bits per heavy atom. The third-order valence-corrected chi connectivity index (χ3v) is 5.79. The van der Waals surface area contributed by atoms with Gasteiger partial charge in [0, 0.05) is 56.6 Å². The zero-order chi connectivity index (χ0) is 21.1. The van der Waals surface area contributed by atoms with E-state index in [0.717, 1.165) is 37.0 Å². The van der Waals surface area contributed by atoms with Crippen molar-refractivity contribution in [3.63, 3.8) is 0 Å². The van der Waals surface area contributed by atoms with Gasteiger partial charge in [0.15, 0.2) is 0 Å². The van der Waals surface area contributed by atoms with Crippen molar-refractivity contribution in [2.24, 2.45) is 0 Å². The highest BCUT2D eigenvalue weighted by Gasteiger charge is 2.23. The number of benzene rings is 1. The van der Waals surface area contributed by atoms with E-state index in [2.05, 4.69) is 9.88 Å². The highest BCUT2D eigenvalue weighted by Crippen LogP contribution is 2.23. The number of hydrogen-bond acceptors (Lipinski definition) is 6. The molecule has 7 heteroatoms. The molecule has 4 rings (SSSR count). The molecule has 1 fully saturated rings. The zero-order valence-electron chi connectivity index (χ0n) is 17.0. The van der Waals surface area contributed by atoms with Crippen LogP contribution in [0.1, 0.15) is 16.7 Å². The largest absolute Gasteiger partial charge is 0.508 e. The van der Waals surface area contributed by atoms with Crippen LogP contribution in [0.5, 0.6) is 5.75 Å². The maximum absolute atomic E-state index is 12.8. The highest BCUT2D eigenvalue weighted by molar-refractivity contribution is 5.85. The minimum Gasteiger partial charge on any atom is -0.508 e. The van der Waals surface area contributed by atoms with E-state index in [1.54, 1.807) is 24.5 Å². The Kier molecular flexibility index (Phi) is 5.81. The number of rotatable bonds is 5. The first kappa shape index (κ1) is 20.1. The maximum Gasteiger partial charge on any atom is 0.340 e. The Hall–Kier alpha value is -3.19. The summed E-state index contributed by atoms with van der Waals surface area (Å²) in [7, 11) is 0. The molecule has 1 aliphatic rings. The summed E-state index contributed by atoms with van der Waals surface area (Å²) in [5.41, 5.74) is 2.19. The molecular formula is C23H25N3O4. The quantitative estimate of drug-likeness (QED) is 0.652. The summed E-state index contributed by atoms with van der Waals surface area (Å²) in [5, 5.41) is 10.3. The van der Waals surface area contributed by atoms with Crippen LogP contribution < -0.4 is 5.63 Å². The molecule has 1 amide bonds. The molecule has 30 heavy (non-hydrogen) atoms. The van der Waals surface area contributed by atoms with E-state index in [1.165, 1.54) is 11.6 Å². The van der Waals surface area contributed by atoms with Crippen LogP contribution in [0.15, 0.2) is 51.9 Å². The van der Waals surface area contributed by atoms with Gasteiger partial charge >= 0.3 is 5.63 Å². The van der Waals surface area contributed by atoms with Crippen molar-refractivity contribution in [3.05, 3.63) is 69.8 Å². The zero-order valence-corrected chi connectivity index (χ0v) is 17.0. The van der Waals surface area contributed by atoms with Crippen LogP contribution in [0.25, 0.3) is 11.0 Å². The van der Waals surface area contributed by atoms with Gasteiger partial charge in [0.05, 0.1) is 12.0 Å². The fourth-order valence-electron chi connectivity index (χ4n) is 3.91. The summed E-state index contributed by atoms with van der Waals surface area (Å²) < 4.78 is 5.33. The monoisotopic (exact) mass is 407 g/mol. The van der Waals surface area contributed by atoms with Crippen LogP contribution in [0.2, 0.25) is 0 Å². The number of nitrogens with zero attached hydrogens (tertiary/aromatic N) is 3. The number of amides is 1. The number of aromatic nitrogens is 1. The van der Waals surface area contributed by atoms with Gasteiger partial charge < -0.3 is 14.4 Å². The van der Waals surface area contributed by atoms with Crippen LogP contribution in [0.3, 0.4) is 0 Å². The van der Waals surface area contributed by atoms with Gasteiger partial charge in [-0.15, -0.1) is 0 Å². The lowest BCUT2D eigenvalue weighted by atomic mass is 10.0. The average molecular weight is 407 g/mol. The molecule has 3 aromatic rings. The summed E-state index contributed by atoms with van der Waals surface area (Å²) in [6.07, 6.45) is 4.60. The summed E-state index contributed by atoms with van der Waals surface area (Å²) in [6, 6.07) is 8.72. The fraction of sp³-hybridized carbons (Fsp3) is 0.348. The number of piperazine rings is 1. The van der Waals surface area contributed by atoms with Gasteiger partial charge in [-0.3, -0.25) is 14.7 Å². The van der Waals surface area contributed by atoms with E-state index in [-0.39, 0.29) is 18.1 Å². The first-order chi connectivity index (χ1) is 14.5. The molecule has 0 unspecified atom stereocenters. The number of pyridine rings is 1. The molecule has 1 aromatic carbocycles. The van der Waals surface area contributed by atoms with Gasteiger partial charge in [0.2, 0.25) is 5.91 Å². The third-order valence-electron chi connectivity index (χ3n) is 5.79. The normalized spacial score (nSPS) is 14.9. The number of phenols is 1. The molecule has 0 bridgehead atoms. The van der Waals surface area contributed by atoms with Gasteiger partial charge in [0.1, 0.15) is 11.3 Å². The van der Waals surface area contributed by atoms with Crippen molar-refractivity contribution in [3.8, 4) is 5.75 Å². The van der Waals surface area contributed by atoms with Crippen molar-refractivity contribution in [1.29, 1.82) is 0 Å². The fourth-order valence-corrected chi connectivity index (χ4v) is 3.91. The van der Waals surface area contributed by atoms with Crippen molar-refractivity contribution in [2.75, 3.05) is 32.7 Å². The predicted octanol–water partition coefficient (Wildman–Crippen LogP) is 2.13. The second-order valence-electron chi connectivity index (χ2n) is 7.68. The number of fused-ring (bicyclic) bond motifs is 1. The van der Waals surface area contributed by atoms with Crippen LogP contribution in [-0.4, -0.2) is 58.5 Å². The van der Waals surface area contributed by atoms with E-state index >= 15 is 0 Å². The molecule has 0 aliphatic carbocycles. The van der Waals surface area contributed by atoms with E-state index < -0.39 is 5.63 Å².